The highest BCUT2D eigenvalue weighted by Crippen LogP contribution is 2.23. The molecule has 0 radical (unpaired) electrons. The molecular weight excluding hydrogens is 403 g/mol. The molecule has 0 saturated carbocycles. The monoisotopic (exact) mass is 423 g/mol. The zero-order valence-corrected chi connectivity index (χ0v) is 16.2. The summed E-state index contributed by atoms with van der Waals surface area (Å²) in [5, 5.41) is 5.18. The number of nitrogens with one attached hydrogen (secondary N) is 2. The van der Waals surface area contributed by atoms with Gasteiger partial charge < -0.3 is 15.4 Å². The van der Waals surface area contributed by atoms with Gasteiger partial charge in [-0.2, -0.15) is 0 Å². The fourth-order valence-electron chi connectivity index (χ4n) is 2.48. The number of amides is 2. The summed E-state index contributed by atoms with van der Waals surface area (Å²) in [6.07, 6.45) is -4.79. The summed E-state index contributed by atoms with van der Waals surface area (Å²) < 4.78 is 40.2. The highest BCUT2D eigenvalue weighted by atomic mass is 19.4. The number of ether oxygens (including phenoxy) is 1. The van der Waals surface area contributed by atoms with Gasteiger partial charge >= 0.3 is 6.36 Å². The molecule has 2 aromatic rings. The maximum atomic E-state index is 12.1. The SMILES string of the molecule is CC(=O)c1ccc(NC(=O)CN(C)CC(=O)Nc2ccc(OC(F)(F)F)cc2)cc1. The molecule has 0 spiro atoms. The largest absolute Gasteiger partial charge is 0.573 e. The van der Waals surface area contributed by atoms with Crippen LogP contribution in [0.25, 0.3) is 0 Å². The zero-order valence-electron chi connectivity index (χ0n) is 16.2. The molecule has 0 aliphatic heterocycles. The average Bonchev–Trinajstić information content (AvgIpc) is 2.62. The molecule has 0 aliphatic rings. The van der Waals surface area contributed by atoms with Gasteiger partial charge in [0.1, 0.15) is 5.75 Å². The van der Waals surface area contributed by atoms with E-state index < -0.39 is 18.0 Å². The van der Waals surface area contributed by atoms with Crippen LogP contribution in [-0.2, 0) is 9.59 Å². The lowest BCUT2D eigenvalue weighted by molar-refractivity contribution is -0.274. The number of ketones is 1. The Morgan fingerprint density at radius 3 is 1.70 bits per heavy atom. The Hall–Kier alpha value is -3.40. The van der Waals surface area contributed by atoms with Crippen molar-refractivity contribution < 1.29 is 32.3 Å². The van der Waals surface area contributed by atoms with E-state index in [0.717, 1.165) is 12.1 Å². The molecule has 7 nitrogen and oxygen atoms in total. The Labute approximate surface area is 170 Å². The normalized spacial score (nSPS) is 11.1. The summed E-state index contributed by atoms with van der Waals surface area (Å²) in [5.74, 6) is -1.28. The van der Waals surface area contributed by atoms with Crippen LogP contribution in [0.1, 0.15) is 17.3 Å². The first kappa shape index (κ1) is 22.9. The van der Waals surface area contributed by atoms with Crippen molar-refractivity contribution in [1.29, 1.82) is 0 Å². The standard InChI is InChI=1S/C20H20F3N3O4/c1-13(27)14-3-5-15(6-4-14)24-18(28)11-26(2)12-19(29)25-16-7-9-17(10-8-16)30-20(21,22)23/h3-10H,11-12H2,1-2H3,(H,24,28)(H,25,29). The lowest BCUT2D eigenvalue weighted by Gasteiger charge is -2.16. The third-order valence-electron chi connectivity index (χ3n) is 3.77. The number of rotatable bonds is 8. The molecule has 0 unspecified atom stereocenters. The molecule has 160 valence electrons. The maximum Gasteiger partial charge on any atom is 0.573 e. The topological polar surface area (TPSA) is 87.7 Å². The summed E-state index contributed by atoms with van der Waals surface area (Å²) in [7, 11) is 1.57. The van der Waals surface area contributed by atoms with Gasteiger partial charge in [-0.05, 0) is 62.5 Å². The number of carbonyl (C=O) groups is 3. The number of anilines is 2. The zero-order chi connectivity index (χ0) is 22.3. The number of nitrogens with zero attached hydrogens (tertiary/aromatic N) is 1. The lowest BCUT2D eigenvalue weighted by Crippen LogP contribution is -2.36. The molecule has 2 amide bonds. The summed E-state index contributed by atoms with van der Waals surface area (Å²) in [6, 6.07) is 11.1. The average molecular weight is 423 g/mol. The van der Waals surface area contributed by atoms with E-state index in [1.54, 1.807) is 31.3 Å². The summed E-state index contributed by atoms with van der Waals surface area (Å²) >= 11 is 0. The van der Waals surface area contributed by atoms with Gasteiger partial charge in [0.25, 0.3) is 0 Å². The highest BCUT2D eigenvalue weighted by molar-refractivity contribution is 5.96. The van der Waals surface area contributed by atoms with Gasteiger partial charge in [-0.3, -0.25) is 19.3 Å². The molecular formula is C20H20F3N3O4. The Bertz CT molecular complexity index is 897. The summed E-state index contributed by atoms with van der Waals surface area (Å²) in [4.78, 5) is 36.8. The molecule has 0 aromatic heterocycles. The van der Waals surface area contributed by atoms with Crippen molar-refractivity contribution in [2.75, 3.05) is 30.8 Å². The third kappa shape index (κ3) is 7.92. The van der Waals surface area contributed by atoms with Crippen molar-refractivity contribution in [3.8, 4) is 5.75 Å². The van der Waals surface area contributed by atoms with E-state index in [2.05, 4.69) is 15.4 Å². The van der Waals surface area contributed by atoms with Gasteiger partial charge in [0, 0.05) is 16.9 Å². The van der Waals surface area contributed by atoms with Gasteiger partial charge in [-0.15, -0.1) is 13.2 Å². The number of halogens is 3. The molecule has 0 heterocycles. The maximum absolute atomic E-state index is 12.1. The van der Waals surface area contributed by atoms with E-state index in [-0.39, 0.29) is 30.5 Å². The molecule has 2 rings (SSSR count). The highest BCUT2D eigenvalue weighted by Gasteiger charge is 2.30. The summed E-state index contributed by atoms with van der Waals surface area (Å²) in [6.45, 7) is 1.26. The van der Waals surface area contributed by atoms with Crippen molar-refractivity contribution in [2.45, 2.75) is 13.3 Å². The van der Waals surface area contributed by atoms with Crippen molar-refractivity contribution in [1.82, 2.24) is 4.90 Å². The third-order valence-corrected chi connectivity index (χ3v) is 3.77. The second kappa shape index (κ2) is 9.88. The quantitative estimate of drug-likeness (QED) is 0.637. The van der Waals surface area contributed by atoms with Crippen LogP contribution in [0.4, 0.5) is 24.5 Å². The van der Waals surface area contributed by atoms with Gasteiger partial charge in [0.2, 0.25) is 11.8 Å². The number of hydrogen-bond donors (Lipinski definition) is 2. The second-order valence-electron chi connectivity index (χ2n) is 6.47. The van der Waals surface area contributed by atoms with Crippen LogP contribution in [0.5, 0.6) is 5.75 Å². The minimum Gasteiger partial charge on any atom is -0.406 e. The van der Waals surface area contributed by atoms with Crippen molar-refractivity contribution >= 4 is 29.0 Å². The van der Waals surface area contributed by atoms with Crippen LogP contribution in [-0.4, -0.2) is 49.0 Å². The van der Waals surface area contributed by atoms with E-state index in [1.807, 2.05) is 0 Å². The molecule has 0 bridgehead atoms. The van der Waals surface area contributed by atoms with Crippen molar-refractivity contribution in [2.24, 2.45) is 0 Å². The van der Waals surface area contributed by atoms with Crippen LogP contribution in [0.3, 0.4) is 0 Å². The van der Waals surface area contributed by atoms with Crippen LogP contribution in [0.15, 0.2) is 48.5 Å². The first-order valence-corrected chi connectivity index (χ1v) is 8.77. The van der Waals surface area contributed by atoms with Crippen LogP contribution in [0, 0.1) is 0 Å². The predicted molar refractivity (Wildman–Crippen MR) is 104 cm³/mol. The van der Waals surface area contributed by atoms with Crippen molar-refractivity contribution in [3.63, 3.8) is 0 Å². The molecule has 30 heavy (non-hydrogen) atoms. The van der Waals surface area contributed by atoms with Gasteiger partial charge in [0.05, 0.1) is 13.1 Å². The van der Waals surface area contributed by atoms with Crippen LogP contribution < -0.4 is 15.4 Å². The van der Waals surface area contributed by atoms with E-state index in [9.17, 15) is 27.6 Å². The number of alkyl halides is 3. The van der Waals surface area contributed by atoms with Crippen LogP contribution >= 0.6 is 0 Å². The Balaban J connectivity index is 1.79. The van der Waals surface area contributed by atoms with E-state index in [1.165, 1.54) is 24.0 Å². The van der Waals surface area contributed by atoms with Gasteiger partial charge in [-0.1, -0.05) is 0 Å². The van der Waals surface area contributed by atoms with Gasteiger partial charge in [-0.25, -0.2) is 0 Å². The fraction of sp³-hybridized carbons (Fsp3) is 0.250. The van der Waals surface area contributed by atoms with Crippen molar-refractivity contribution in [3.05, 3.63) is 54.1 Å². The van der Waals surface area contributed by atoms with Crippen LogP contribution in [0.2, 0.25) is 0 Å². The molecule has 2 N–H and O–H groups in total. The Morgan fingerprint density at radius 1 is 0.867 bits per heavy atom. The molecule has 2 aromatic carbocycles. The fourth-order valence-corrected chi connectivity index (χ4v) is 2.48. The number of carbonyl (C=O) groups excluding carboxylic acids is 3. The number of benzene rings is 2. The number of likely N-dealkylation sites (N-methyl/N-ethyl adjacent to an activating group) is 1. The molecule has 0 aliphatic carbocycles. The smallest absolute Gasteiger partial charge is 0.406 e. The second-order valence-corrected chi connectivity index (χ2v) is 6.47. The molecule has 0 fully saturated rings. The Morgan fingerprint density at radius 2 is 1.30 bits per heavy atom. The predicted octanol–water partition coefficient (Wildman–Crippen LogP) is 3.30. The van der Waals surface area contributed by atoms with E-state index >= 15 is 0 Å². The van der Waals surface area contributed by atoms with Gasteiger partial charge in [0.15, 0.2) is 5.78 Å². The number of hydrogen-bond acceptors (Lipinski definition) is 5. The van der Waals surface area contributed by atoms with E-state index in [0.29, 0.717) is 11.3 Å². The molecule has 10 heteroatoms. The summed E-state index contributed by atoms with van der Waals surface area (Å²) in [5.41, 5.74) is 1.33. The first-order valence-electron chi connectivity index (χ1n) is 8.77. The number of Topliss-reactive ketones (excluding diaryl/α,β-unsaturated/α-hetero) is 1. The Kier molecular flexibility index (Phi) is 7.54. The molecule has 0 saturated heterocycles. The minimum atomic E-state index is -4.79. The minimum absolute atomic E-state index is 0.0692. The first-order chi connectivity index (χ1) is 14.0. The molecule has 0 atom stereocenters. The van der Waals surface area contributed by atoms with E-state index in [4.69, 9.17) is 0 Å². The lowest BCUT2D eigenvalue weighted by atomic mass is 10.1.